The minimum atomic E-state index is -4.00. The molecule has 2 fully saturated rings. The third-order valence-corrected chi connectivity index (χ3v) is 18.4. The van der Waals surface area contributed by atoms with E-state index in [1.165, 1.54) is 42.5 Å². The number of aliphatic hydroxyl groups is 2. The third kappa shape index (κ3) is 18.3. The number of rotatable bonds is 32. The van der Waals surface area contributed by atoms with Crippen LogP contribution in [0.5, 0.6) is 11.5 Å². The maximum absolute atomic E-state index is 14.9. The number of likely N-dealkylation sites (tertiary alicyclic amines) is 2. The highest BCUT2D eigenvalue weighted by atomic mass is 35.5. The highest BCUT2D eigenvalue weighted by molar-refractivity contribution is 7.89. The number of phenols is 1. The smallest absolute Gasteiger partial charge is 0.314 e. The number of nitrogens with one attached hydrogen (secondary N) is 6. The van der Waals surface area contributed by atoms with Gasteiger partial charge in [-0.25, -0.2) is 44.6 Å². The predicted molar refractivity (Wildman–Crippen MR) is 307 cm³/mol. The quantitative estimate of drug-likeness (QED) is 0.0312. The van der Waals surface area contributed by atoms with E-state index in [0.29, 0.717) is 97.7 Å². The van der Waals surface area contributed by atoms with E-state index in [-0.39, 0.29) is 143 Å². The minimum Gasteiger partial charge on any atom is -0.508 e. The number of aromatic hydroxyl groups is 1. The first-order valence-electron chi connectivity index (χ1n) is 28.1. The van der Waals surface area contributed by atoms with Crippen molar-refractivity contribution in [1.82, 2.24) is 40.5 Å². The number of aliphatic hydroxyl groups excluding tert-OH is 2. The molecule has 4 aromatic carbocycles. The third-order valence-electron chi connectivity index (χ3n) is 15.0. The molecular formula is C56H74Cl2F2N8O14S2. The number of benzene rings is 4. The van der Waals surface area contributed by atoms with Gasteiger partial charge in [-0.05, 0) is 128 Å². The maximum atomic E-state index is 14.9. The van der Waals surface area contributed by atoms with Crippen molar-refractivity contribution in [2.75, 3.05) is 112 Å². The van der Waals surface area contributed by atoms with Crippen LogP contribution in [0.1, 0.15) is 65.6 Å². The van der Waals surface area contributed by atoms with E-state index < -0.39 is 50.2 Å². The van der Waals surface area contributed by atoms with Gasteiger partial charge in [0.15, 0.2) is 0 Å². The maximum Gasteiger partial charge on any atom is 0.314 e. The number of ether oxygens (including phenoxy) is 5. The molecule has 4 amide bonds. The van der Waals surface area contributed by atoms with E-state index in [0.717, 1.165) is 5.56 Å². The van der Waals surface area contributed by atoms with Crippen molar-refractivity contribution in [3.63, 3.8) is 0 Å². The van der Waals surface area contributed by atoms with Gasteiger partial charge in [-0.3, -0.25) is 9.80 Å². The second-order valence-electron chi connectivity index (χ2n) is 20.9. The van der Waals surface area contributed by atoms with E-state index in [2.05, 4.69) is 35.6 Å². The van der Waals surface area contributed by atoms with Crippen LogP contribution in [0, 0.1) is 11.6 Å². The first kappa shape index (κ1) is 64.9. The van der Waals surface area contributed by atoms with Crippen molar-refractivity contribution in [3.8, 4) is 11.5 Å². The zero-order valence-electron chi connectivity index (χ0n) is 46.3. The number of halogens is 4. The Labute approximate surface area is 498 Å². The van der Waals surface area contributed by atoms with Crippen LogP contribution in [0.2, 0.25) is 10.0 Å². The van der Waals surface area contributed by atoms with E-state index in [9.17, 15) is 50.5 Å². The van der Waals surface area contributed by atoms with Crippen molar-refractivity contribution >= 4 is 55.3 Å². The van der Waals surface area contributed by atoms with Gasteiger partial charge in [0.25, 0.3) is 0 Å². The summed E-state index contributed by atoms with van der Waals surface area (Å²) < 4.78 is 115. The van der Waals surface area contributed by atoms with Crippen molar-refractivity contribution < 1.29 is 74.2 Å². The molecule has 462 valence electrons. The van der Waals surface area contributed by atoms with Crippen LogP contribution in [0.25, 0.3) is 0 Å². The average molecular weight is 1260 g/mol. The normalized spacial score (nSPS) is 20.7. The number of sulfonamides is 2. The molecule has 0 radical (unpaired) electrons. The number of carbonyl (C=O) groups excluding carboxylic acids is 2. The summed E-state index contributed by atoms with van der Waals surface area (Å²) in [7, 11) is -7.86. The molecule has 2 aliphatic carbocycles. The Morgan fingerprint density at radius 3 is 1.75 bits per heavy atom. The van der Waals surface area contributed by atoms with Gasteiger partial charge in [0.05, 0.1) is 80.9 Å². The number of β-amino-alcohol motifs (C(OH)–C–C–N with tert-alkyl or cyclic N) is 2. The molecule has 2 saturated heterocycles. The molecule has 84 heavy (non-hydrogen) atoms. The van der Waals surface area contributed by atoms with Crippen LogP contribution in [0.4, 0.5) is 18.4 Å². The van der Waals surface area contributed by atoms with Crippen molar-refractivity contribution in [3.05, 3.63) is 116 Å². The van der Waals surface area contributed by atoms with Crippen molar-refractivity contribution in [1.29, 1.82) is 0 Å². The van der Waals surface area contributed by atoms with Gasteiger partial charge in [-0.15, -0.1) is 0 Å². The summed E-state index contributed by atoms with van der Waals surface area (Å²) in [5, 5.41) is 43.0. The highest BCUT2D eigenvalue weighted by Gasteiger charge is 2.43. The van der Waals surface area contributed by atoms with E-state index in [1.54, 1.807) is 24.3 Å². The van der Waals surface area contributed by atoms with Gasteiger partial charge in [0.1, 0.15) is 29.2 Å². The van der Waals surface area contributed by atoms with Crippen molar-refractivity contribution in [2.24, 2.45) is 0 Å². The molecule has 0 bridgehead atoms. The van der Waals surface area contributed by atoms with Crippen molar-refractivity contribution in [2.45, 2.75) is 91.2 Å². The van der Waals surface area contributed by atoms with Gasteiger partial charge < -0.3 is 60.3 Å². The molecule has 4 aliphatic rings. The number of hydrogen-bond donors (Lipinski definition) is 9. The molecule has 2 heterocycles. The second-order valence-corrected chi connectivity index (χ2v) is 25.3. The second kappa shape index (κ2) is 31.0. The van der Waals surface area contributed by atoms with E-state index in [1.807, 2.05) is 4.90 Å². The van der Waals surface area contributed by atoms with E-state index >= 15 is 0 Å². The van der Waals surface area contributed by atoms with Gasteiger partial charge in [0, 0.05) is 92.2 Å². The molecule has 6 atom stereocenters. The molecule has 2 aliphatic heterocycles. The summed E-state index contributed by atoms with van der Waals surface area (Å²) in [4.78, 5) is 28.3. The summed E-state index contributed by atoms with van der Waals surface area (Å²) in [5.41, 5.74) is 2.87. The summed E-state index contributed by atoms with van der Waals surface area (Å²) in [6.45, 7) is 4.06. The van der Waals surface area contributed by atoms with Gasteiger partial charge >= 0.3 is 12.1 Å². The van der Waals surface area contributed by atoms with Crippen LogP contribution < -0.4 is 35.4 Å². The lowest BCUT2D eigenvalue weighted by molar-refractivity contribution is 0.0516. The Kier molecular flexibility index (Phi) is 24.0. The topological polar surface area (TPSA) is 288 Å². The van der Waals surface area contributed by atoms with Crippen LogP contribution in [-0.2, 0) is 58.3 Å². The molecule has 28 heteroatoms. The van der Waals surface area contributed by atoms with Crippen LogP contribution in [0.15, 0.2) is 76.5 Å². The van der Waals surface area contributed by atoms with Crippen LogP contribution in [0.3, 0.4) is 0 Å². The summed E-state index contributed by atoms with van der Waals surface area (Å²) in [5.74, 6) is -0.502. The fourth-order valence-electron chi connectivity index (χ4n) is 10.9. The zero-order chi connectivity index (χ0) is 59.8. The fourth-order valence-corrected chi connectivity index (χ4v) is 13.4. The number of fused-ring (bicyclic) bond motifs is 2. The standard InChI is InChI=1S/C56H74Cl2F2N8O14S2/c57-37-25-36-26-39(30-45(36)49(59)28-37)68-35-41(70)31-51(68)48-32-44(7-8-53(48)71)84(76,77)66-15-20-81-24-22-79-18-13-64-56(73)62-11-2-1-10-61-55(72)63-12-17-78-21-23-80-19-14-65-83(74,75)43-5-3-42(4-6-43)82-54-47-27-38(58)29-50(60)46(47)33-52(54)67-16-9-40(69)34-67/h3-8,25,27-29,32,39-41,51-52,54,65-66,69-71H,1-2,9-24,26,30-31,33-35H2,(H2,61,63,72)(H2,62,64,73). The molecule has 0 saturated carbocycles. The number of phenolic OH excluding ortho intramolecular Hbond substituents is 1. The minimum absolute atomic E-state index is 0.0166. The monoisotopic (exact) mass is 1250 g/mol. The first-order chi connectivity index (χ1) is 40.3. The number of nitrogens with zero attached hydrogens (tertiary/aromatic N) is 2. The number of carbonyl (C=O) groups is 2. The van der Waals surface area contributed by atoms with E-state index in [4.69, 9.17) is 46.9 Å². The lowest BCUT2D eigenvalue weighted by atomic mass is 10.0. The Balaban J connectivity index is 0.583. The fraction of sp³-hybridized carbons (Fsp3) is 0.536. The lowest BCUT2D eigenvalue weighted by Crippen LogP contribution is -2.39. The zero-order valence-corrected chi connectivity index (χ0v) is 49.5. The number of amides is 4. The molecule has 0 aromatic heterocycles. The van der Waals surface area contributed by atoms with Gasteiger partial charge in [0.2, 0.25) is 20.0 Å². The molecule has 4 aromatic rings. The summed E-state index contributed by atoms with van der Waals surface area (Å²) in [6.07, 6.45) is 1.66. The van der Waals surface area contributed by atoms with Crippen LogP contribution >= 0.6 is 23.2 Å². The SMILES string of the molecule is O=C(NCCCCNC(=O)NCCOCCOCCNS(=O)(=O)c1ccc(O)c(C2CC(O)CN2C2Cc3cc(Cl)cc(F)c3C2)c1)NCCOCCOCCNS(=O)(=O)c1ccc(OC2c3cc(Cl)cc(F)c3CC2N2CCC(O)C2)cc1. The molecule has 6 unspecified atom stereocenters. The summed E-state index contributed by atoms with van der Waals surface area (Å²) in [6, 6.07) is 14.3. The Morgan fingerprint density at radius 1 is 0.607 bits per heavy atom. The Hall–Kier alpha value is -5.04. The Morgan fingerprint density at radius 2 is 1.15 bits per heavy atom. The largest absolute Gasteiger partial charge is 0.508 e. The van der Waals surface area contributed by atoms with Crippen LogP contribution in [-0.4, -0.2) is 190 Å². The van der Waals surface area contributed by atoms with Gasteiger partial charge in [-0.1, -0.05) is 23.2 Å². The average Bonchev–Trinajstić information content (AvgIpc) is 2.06. The molecular weight excluding hydrogens is 1180 g/mol. The van der Waals surface area contributed by atoms with Gasteiger partial charge in [-0.2, -0.15) is 0 Å². The number of unbranched alkanes of at least 4 members (excludes halogenated alkanes) is 1. The molecule has 0 spiro atoms. The Bertz CT molecular complexity index is 3090. The molecule has 22 nitrogen and oxygen atoms in total. The molecule has 8 rings (SSSR count). The lowest BCUT2D eigenvalue weighted by Gasteiger charge is -2.31. The highest BCUT2D eigenvalue weighted by Crippen LogP contribution is 2.44. The number of hydrogen-bond acceptors (Lipinski definition) is 16. The number of urea groups is 2. The first-order valence-corrected chi connectivity index (χ1v) is 31.8. The summed E-state index contributed by atoms with van der Waals surface area (Å²) >= 11 is 12.3. The predicted octanol–water partition coefficient (Wildman–Crippen LogP) is 4.07. The molecule has 9 N–H and O–H groups in total.